The number of amides is 1. The van der Waals surface area contributed by atoms with Gasteiger partial charge in [-0.15, -0.1) is 0 Å². The summed E-state index contributed by atoms with van der Waals surface area (Å²) in [5.41, 5.74) is 0. The summed E-state index contributed by atoms with van der Waals surface area (Å²) in [6.45, 7) is 11.5. The molecule has 1 fully saturated rings. The summed E-state index contributed by atoms with van der Waals surface area (Å²) in [5.74, 6) is 1.18. The number of carbonyl (C=O) groups is 1. The number of hydrogen-bond acceptors (Lipinski definition) is 3. The van der Waals surface area contributed by atoms with Crippen molar-refractivity contribution in [2.24, 2.45) is 11.8 Å². The standard InChI is InChI=1S/C13H26N2O2/c1-10(2)8-17-7-5-6-15-9-14-12(11(3)4)13(15)16/h10-12,14H,5-9H2,1-4H3. The monoisotopic (exact) mass is 242 g/mol. The van der Waals surface area contributed by atoms with Gasteiger partial charge in [-0.25, -0.2) is 0 Å². The third kappa shape index (κ3) is 4.64. The largest absolute Gasteiger partial charge is 0.381 e. The second-order valence-corrected chi connectivity index (χ2v) is 5.51. The van der Waals surface area contributed by atoms with Crippen LogP contribution < -0.4 is 5.32 Å². The van der Waals surface area contributed by atoms with Gasteiger partial charge in [0.25, 0.3) is 0 Å². The lowest BCUT2D eigenvalue weighted by Gasteiger charge is -2.16. The van der Waals surface area contributed by atoms with Crippen molar-refractivity contribution in [2.75, 3.05) is 26.4 Å². The van der Waals surface area contributed by atoms with Crippen molar-refractivity contribution in [3.8, 4) is 0 Å². The van der Waals surface area contributed by atoms with Gasteiger partial charge in [0.05, 0.1) is 12.7 Å². The summed E-state index contributed by atoms with van der Waals surface area (Å²) in [5, 5.41) is 3.25. The van der Waals surface area contributed by atoms with Crippen molar-refractivity contribution in [1.82, 2.24) is 10.2 Å². The molecule has 1 amide bonds. The predicted octanol–water partition coefficient (Wildman–Crippen LogP) is 1.46. The topological polar surface area (TPSA) is 41.6 Å². The number of rotatable bonds is 7. The van der Waals surface area contributed by atoms with E-state index in [-0.39, 0.29) is 11.9 Å². The Kier molecular flexibility index (Phi) is 5.92. The van der Waals surface area contributed by atoms with Crippen molar-refractivity contribution in [1.29, 1.82) is 0 Å². The zero-order chi connectivity index (χ0) is 12.8. The maximum Gasteiger partial charge on any atom is 0.241 e. The zero-order valence-electron chi connectivity index (χ0n) is 11.5. The second-order valence-electron chi connectivity index (χ2n) is 5.51. The first-order valence-electron chi connectivity index (χ1n) is 6.62. The van der Waals surface area contributed by atoms with Crippen LogP contribution in [0.5, 0.6) is 0 Å². The SMILES string of the molecule is CC(C)COCCCN1CNC(C(C)C)C1=O. The van der Waals surface area contributed by atoms with Crippen molar-refractivity contribution in [2.45, 2.75) is 40.2 Å². The van der Waals surface area contributed by atoms with E-state index >= 15 is 0 Å². The van der Waals surface area contributed by atoms with Gasteiger partial charge in [-0.2, -0.15) is 0 Å². The van der Waals surface area contributed by atoms with Gasteiger partial charge in [-0.1, -0.05) is 27.7 Å². The zero-order valence-corrected chi connectivity index (χ0v) is 11.5. The van der Waals surface area contributed by atoms with E-state index in [2.05, 4.69) is 33.0 Å². The Hall–Kier alpha value is -0.610. The quantitative estimate of drug-likeness (QED) is 0.687. The van der Waals surface area contributed by atoms with Gasteiger partial charge in [-0.3, -0.25) is 10.1 Å². The van der Waals surface area contributed by atoms with E-state index in [1.54, 1.807) is 0 Å². The summed E-state index contributed by atoms with van der Waals surface area (Å²) < 4.78 is 5.51. The van der Waals surface area contributed by atoms with Gasteiger partial charge in [-0.05, 0) is 18.3 Å². The molecule has 0 saturated carbocycles. The molecule has 0 aromatic heterocycles. The molecule has 1 unspecified atom stereocenters. The van der Waals surface area contributed by atoms with Crippen LogP contribution in [0.1, 0.15) is 34.1 Å². The third-order valence-electron chi connectivity index (χ3n) is 2.91. The van der Waals surface area contributed by atoms with Crippen LogP contribution in [0.25, 0.3) is 0 Å². The van der Waals surface area contributed by atoms with Crippen LogP contribution in [0.4, 0.5) is 0 Å². The molecule has 1 aliphatic heterocycles. The van der Waals surface area contributed by atoms with E-state index in [4.69, 9.17) is 4.74 Å². The fraction of sp³-hybridized carbons (Fsp3) is 0.923. The van der Waals surface area contributed by atoms with Crippen LogP contribution in [0, 0.1) is 11.8 Å². The summed E-state index contributed by atoms with van der Waals surface area (Å²) in [6, 6.07) is 0.00609. The van der Waals surface area contributed by atoms with Crippen LogP contribution in [0.3, 0.4) is 0 Å². The summed E-state index contributed by atoms with van der Waals surface area (Å²) >= 11 is 0. The van der Waals surface area contributed by atoms with E-state index in [1.165, 1.54) is 0 Å². The number of ether oxygens (including phenoxy) is 1. The first-order valence-corrected chi connectivity index (χ1v) is 6.62. The smallest absolute Gasteiger partial charge is 0.241 e. The van der Waals surface area contributed by atoms with E-state index < -0.39 is 0 Å². The fourth-order valence-electron chi connectivity index (χ4n) is 1.96. The Labute approximate surface area is 105 Å². The first-order chi connectivity index (χ1) is 8.02. The van der Waals surface area contributed by atoms with Crippen LogP contribution >= 0.6 is 0 Å². The molecule has 100 valence electrons. The minimum Gasteiger partial charge on any atom is -0.381 e. The van der Waals surface area contributed by atoms with Gasteiger partial charge in [0.2, 0.25) is 5.91 Å². The molecule has 0 aromatic carbocycles. The third-order valence-corrected chi connectivity index (χ3v) is 2.91. The molecule has 1 N–H and O–H groups in total. The van der Waals surface area contributed by atoms with E-state index in [0.29, 0.717) is 18.5 Å². The molecule has 1 aliphatic rings. The van der Waals surface area contributed by atoms with Gasteiger partial charge >= 0.3 is 0 Å². The molecule has 0 aromatic rings. The van der Waals surface area contributed by atoms with Crippen LogP contribution in [-0.4, -0.2) is 43.3 Å². The number of nitrogens with zero attached hydrogens (tertiary/aromatic N) is 1. The Morgan fingerprint density at radius 3 is 2.65 bits per heavy atom. The van der Waals surface area contributed by atoms with Crippen LogP contribution in [0.15, 0.2) is 0 Å². The van der Waals surface area contributed by atoms with E-state index in [1.807, 2.05) is 4.90 Å². The van der Waals surface area contributed by atoms with E-state index in [0.717, 1.165) is 26.2 Å². The average molecular weight is 242 g/mol. The lowest BCUT2D eigenvalue weighted by molar-refractivity contribution is -0.129. The minimum atomic E-state index is 0.00609. The van der Waals surface area contributed by atoms with Gasteiger partial charge in [0, 0.05) is 19.8 Å². The molecule has 0 aliphatic carbocycles. The number of nitrogens with one attached hydrogen (secondary N) is 1. The Morgan fingerprint density at radius 1 is 1.41 bits per heavy atom. The molecule has 0 bridgehead atoms. The predicted molar refractivity (Wildman–Crippen MR) is 68.6 cm³/mol. The van der Waals surface area contributed by atoms with Gasteiger partial charge in [0.1, 0.15) is 0 Å². The highest BCUT2D eigenvalue weighted by Crippen LogP contribution is 2.11. The minimum absolute atomic E-state index is 0.00609. The van der Waals surface area contributed by atoms with E-state index in [9.17, 15) is 4.79 Å². The lowest BCUT2D eigenvalue weighted by Crippen LogP contribution is -2.35. The molecular weight excluding hydrogens is 216 g/mol. The molecule has 4 nitrogen and oxygen atoms in total. The Morgan fingerprint density at radius 2 is 2.12 bits per heavy atom. The molecule has 1 saturated heterocycles. The lowest BCUT2D eigenvalue weighted by atomic mass is 10.1. The van der Waals surface area contributed by atoms with Crippen molar-refractivity contribution in [3.63, 3.8) is 0 Å². The molecule has 1 heterocycles. The number of carbonyl (C=O) groups excluding carboxylic acids is 1. The van der Waals surface area contributed by atoms with Crippen LogP contribution in [0.2, 0.25) is 0 Å². The van der Waals surface area contributed by atoms with Crippen molar-refractivity contribution < 1.29 is 9.53 Å². The molecule has 1 rings (SSSR count). The van der Waals surface area contributed by atoms with Gasteiger partial charge < -0.3 is 9.64 Å². The molecule has 0 spiro atoms. The molecular formula is C13H26N2O2. The molecule has 0 radical (unpaired) electrons. The Bertz CT molecular complexity index is 242. The maximum absolute atomic E-state index is 11.9. The molecule has 4 heteroatoms. The summed E-state index contributed by atoms with van der Waals surface area (Å²) in [7, 11) is 0. The summed E-state index contributed by atoms with van der Waals surface area (Å²) in [6.07, 6.45) is 0.922. The highest BCUT2D eigenvalue weighted by Gasteiger charge is 2.32. The molecule has 1 atom stereocenters. The van der Waals surface area contributed by atoms with Crippen LogP contribution in [-0.2, 0) is 9.53 Å². The maximum atomic E-state index is 11.9. The first kappa shape index (κ1) is 14.5. The van der Waals surface area contributed by atoms with Gasteiger partial charge in [0.15, 0.2) is 0 Å². The van der Waals surface area contributed by atoms with Crippen molar-refractivity contribution in [3.05, 3.63) is 0 Å². The Balaban J connectivity index is 2.14. The summed E-state index contributed by atoms with van der Waals surface area (Å²) in [4.78, 5) is 13.8. The highest BCUT2D eigenvalue weighted by molar-refractivity contribution is 5.83. The van der Waals surface area contributed by atoms with Crippen molar-refractivity contribution >= 4 is 5.91 Å². The number of hydrogen-bond donors (Lipinski definition) is 1. The second kappa shape index (κ2) is 6.97. The fourth-order valence-corrected chi connectivity index (χ4v) is 1.96. The average Bonchev–Trinajstić information content (AvgIpc) is 2.59. The molecule has 17 heavy (non-hydrogen) atoms. The normalized spacial score (nSPS) is 20.9. The highest BCUT2D eigenvalue weighted by atomic mass is 16.5.